The van der Waals surface area contributed by atoms with Gasteiger partial charge in [0, 0.05) is 0 Å². The van der Waals surface area contributed by atoms with E-state index in [1.807, 2.05) is 0 Å². The maximum Gasteiger partial charge on any atom is 0.321 e. The molecule has 0 aromatic heterocycles. The Hall–Kier alpha value is -0.620. The van der Waals surface area contributed by atoms with Crippen molar-refractivity contribution >= 4 is 27.9 Å². The number of rotatable bonds is 4. The molecule has 4 bridgehead atoms. The van der Waals surface area contributed by atoms with E-state index in [-0.39, 0.29) is 41.7 Å². The van der Waals surface area contributed by atoms with Gasteiger partial charge in [-0.05, 0) is 44.4 Å². The number of fused-ring (bicyclic) bond motifs is 1. The highest BCUT2D eigenvalue weighted by atomic mass is 79.9. The quantitative estimate of drug-likeness (QED) is 0.442. The zero-order chi connectivity index (χ0) is 14.3. The molecule has 0 radical (unpaired) electrons. The van der Waals surface area contributed by atoms with Gasteiger partial charge in [-0.1, -0.05) is 15.9 Å². The van der Waals surface area contributed by atoms with E-state index >= 15 is 0 Å². The fourth-order valence-corrected chi connectivity index (χ4v) is 3.93. The summed E-state index contributed by atoms with van der Waals surface area (Å²) < 4.78 is 16.3. The number of halogens is 1. The van der Waals surface area contributed by atoms with E-state index in [4.69, 9.17) is 14.2 Å². The van der Waals surface area contributed by atoms with Gasteiger partial charge >= 0.3 is 11.9 Å². The van der Waals surface area contributed by atoms with Crippen LogP contribution in [0.5, 0.6) is 0 Å². The van der Waals surface area contributed by atoms with Crippen LogP contribution in [0.15, 0.2) is 0 Å². The van der Waals surface area contributed by atoms with Crippen LogP contribution in [0.25, 0.3) is 0 Å². The van der Waals surface area contributed by atoms with Crippen LogP contribution in [0, 0.1) is 17.8 Å². The molecule has 2 heterocycles. The third-order valence-corrected chi connectivity index (χ3v) is 5.00. The Kier molecular flexibility index (Phi) is 4.04. The highest BCUT2D eigenvalue weighted by Crippen LogP contribution is 2.48. The summed E-state index contributed by atoms with van der Waals surface area (Å²) in [7, 11) is 0. The molecule has 112 valence electrons. The van der Waals surface area contributed by atoms with Gasteiger partial charge in [0.25, 0.3) is 0 Å². The van der Waals surface area contributed by atoms with Crippen LogP contribution < -0.4 is 0 Å². The monoisotopic (exact) mass is 346 g/mol. The fourth-order valence-electron chi connectivity index (χ4n) is 3.79. The SMILES string of the molecule is CC(Br)C(=O)OCOC1C2CC3CC(C2)C(=O)OC1C3. The highest BCUT2D eigenvalue weighted by molar-refractivity contribution is 9.10. The molecule has 0 aromatic carbocycles. The Morgan fingerprint density at radius 2 is 2.20 bits per heavy atom. The van der Waals surface area contributed by atoms with Crippen LogP contribution in [0.1, 0.15) is 32.6 Å². The molecular weight excluding hydrogens is 328 g/mol. The molecule has 0 aromatic rings. The number of alkyl halides is 1. The van der Waals surface area contributed by atoms with Crippen molar-refractivity contribution in [3.05, 3.63) is 0 Å². The molecule has 4 fully saturated rings. The third-order valence-electron chi connectivity index (χ3n) is 4.63. The Bertz CT molecular complexity index is 410. The predicted octanol–water partition coefficient (Wildman–Crippen LogP) is 2.02. The topological polar surface area (TPSA) is 61.8 Å². The second-order valence-corrected chi connectivity index (χ2v) is 7.44. The molecule has 0 spiro atoms. The lowest BCUT2D eigenvalue weighted by Gasteiger charge is -2.41. The summed E-state index contributed by atoms with van der Waals surface area (Å²) in [6.45, 7) is 1.64. The highest BCUT2D eigenvalue weighted by Gasteiger charge is 2.50. The molecule has 2 saturated carbocycles. The molecule has 6 atom stereocenters. The minimum atomic E-state index is -0.344. The molecule has 4 rings (SSSR count). The van der Waals surface area contributed by atoms with Crippen molar-refractivity contribution < 1.29 is 23.8 Å². The Morgan fingerprint density at radius 3 is 2.95 bits per heavy atom. The van der Waals surface area contributed by atoms with E-state index in [0.717, 1.165) is 25.7 Å². The van der Waals surface area contributed by atoms with Gasteiger partial charge in [0.1, 0.15) is 17.0 Å². The summed E-state index contributed by atoms with van der Waals surface area (Å²) in [5, 5.41) is 0. The Morgan fingerprint density at radius 1 is 1.40 bits per heavy atom. The average molecular weight is 347 g/mol. The van der Waals surface area contributed by atoms with Crippen LogP contribution in [-0.2, 0) is 23.8 Å². The first-order valence-corrected chi connectivity index (χ1v) is 8.09. The molecular formula is C14H19BrO5. The van der Waals surface area contributed by atoms with Gasteiger partial charge in [-0.3, -0.25) is 9.59 Å². The lowest BCUT2D eigenvalue weighted by Crippen LogP contribution is -2.44. The molecule has 2 saturated heterocycles. The van der Waals surface area contributed by atoms with Crippen LogP contribution in [-0.4, -0.2) is 35.8 Å². The van der Waals surface area contributed by atoms with Crippen molar-refractivity contribution in [2.75, 3.05) is 6.79 Å². The summed E-state index contributed by atoms with van der Waals surface area (Å²) in [4.78, 5) is 22.9. The molecule has 2 aliphatic carbocycles. The standard InChI is InChI=1S/C14H19BrO5/c1-7(15)13(16)19-6-18-12-9-2-8-3-10(5-9)14(17)20-11(12)4-8/h7-12H,2-6H2,1H3. The van der Waals surface area contributed by atoms with Crippen molar-refractivity contribution in [1.29, 1.82) is 0 Å². The minimum Gasteiger partial charge on any atom is -0.459 e. The Balaban J connectivity index is 1.60. The molecule has 4 aliphatic rings. The summed E-state index contributed by atoms with van der Waals surface area (Å²) in [5.41, 5.74) is 0. The molecule has 6 heteroatoms. The predicted molar refractivity (Wildman–Crippen MR) is 73.0 cm³/mol. The van der Waals surface area contributed by atoms with E-state index in [0.29, 0.717) is 11.8 Å². The summed E-state index contributed by atoms with van der Waals surface area (Å²) >= 11 is 3.15. The van der Waals surface area contributed by atoms with E-state index in [9.17, 15) is 9.59 Å². The van der Waals surface area contributed by atoms with Gasteiger partial charge in [0.2, 0.25) is 0 Å². The number of carbonyl (C=O) groups excluding carboxylic acids is 2. The van der Waals surface area contributed by atoms with Crippen LogP contribution in [0.2, 0.25) is 0 Å². The van der Waals surface area contributed by atoms with Gasteiger partial charge in [-0.25, -0.2) is 0 Å². The lowest BCUT2D eigenvalue weighted by molar-refractivity contribution is -0.184. The molecule has 5 nitrogen and oxygen atoms in total. The number of carbonyl (C=O) groups is 2. The van der Waals surface area contributed by atoms with Gasteiger partial charge in [0.05, 0.1) is 5.92 Å². The first-order valence-electron chi connectivity index (χ1n) is 7.17. The second-order valence-electron chi connectivity index (χ2n) is 6.07. The van der Waals surface area contributed by atoms with Crippen molar-refractivity contribution in [2.24, 2.45) is 17.8 Å². The molecule has 2 aliphatic heterocycles. The van der Waals surface area contributed by atoms with Gasteiger partial charge in [-0.15, -0.1) is 0 Å². The average Bonchev–Trinajstić information content (AvgIpc) is 2.55. The largest absolute Gasteiger partial charge is 0.459 e. The summed E-state index contributed by atoms with van der Waals surface area (Å²) in [5.74, 6) is 0.565. The number of ether oxygens (including phenoxy) is 3. The lowest BCUT2D eigenvalue weighted by atomic mass is 9.67. The van der Waals surface area contributed by atoms with Crippen molar-refractivity contribution in [1.82, 2.24) is 0 Å². The van der Waals surface area contributed by atoms with Crippen molar-refractivity contribution in [3.63, 3.8) is 0 Å². The van der Waals surface area contributed by atoms with E-state index in [1.165, 1.54) is 0 Å². The maximum atomic E-state index is 11.9. The van der Waals surface area contributed by atoms with E-state index in [1.54, 1.807) is 6.92 Å². The zero-order valence-corrected chi connectivity index (χ0v) is 13.0. The van der Waals surface area contributed by atoms with Crippen molar-refractivity contribution in [3.8, 4) is 0 Å². The van der Waals surface area contributed by atoms with Gasteiger partial charge < -0.3 is 14.2 Å². The first-order chi connectivity index (χ1) is 9.54. The van der Waals surface area contributed by atoms with Gasteiger partial charge in [0.15, 0.2) is 6.79 Å². The summed E-state index contributed by atoms with van der Waals surface area (Å²) in [6, 6.07) is 0. The van der Waals surface area contributed by atoms with Crippen LogP contribution >= 0.6 is 15.9 Å². The molecule has 6 unspecified atom stereocenters. The Labute approximate surface area is 126 Å². The second kappa shape index (κ2) is 5.64. The van der Waals surface area contributed by atoms with Crippen molar-refractivity contribution in [2.45, 2.75) is 49.6 Å². The smallest absolute Gasteiger partial charge is 0.321 e. The van der Waals surface area contributed by atoms with Gasteiger partial charge in [-0.2, -0.15) is 0 Å². The van der Waals surface area contributed by atoms with Crippen LogP contribution in [0.3, 0.4) is 0 Å². The molecule has 0 amide bonds. The zero-order valence-electron chi connectivity index (χ0n) is 11.4. The number of hydrogen-bond acceptors (Lipinski definition) is 5. The minimum absolute atomic E-state index is 0.0439. The number of esters is 2. The maximum absolute atomic E-state index is 11.9. The number of hydrogen-bond donors (Lipinski definition) is 0. The molecule has 20 heavy (non-hydrogen) atoms. The normalized spacial score (nSPS) is 40.1. The van der Waals surface area contributed by atoms with Crippen LogP contribution in [0.4, 0.5) is 0 Å². The van der Waals surface area contributed by atoms with E-state index < -0.39 is 0 Å². The molecule has 0 N–H and O–H groups in total. The van der Waals surface area contributed by atoms with E-state index in [2.05, 4.69) is 15.9 Å². The summed E-state index contributed by atoms with van der Waals surface area (Å²) in [6.07, 6.45) is 3.50. The third kappa shape index (κ3) is 2.72. The first kappa shape index (κ1) is 14.3. The fraction of sp³-hybridized carbons (Fsp3) is 0.857.